The van der Waals surface area contributed by atoms with E-state index in [4.69, 9.17) is 23.7 Å². The molecule has 1 amide bonds. The first-order valence-corrected chi connectivity index (χ1v) is 7.69. The van der Waals surface area contributed by atoms with Crippen LogP contribution in [0.25, 0.3) is 10.4 Å². The number of anilines is 1. The molecule has 0 aliphatic rings. The molecule has 2 rings (SSSR count). The molecule has 1 aromatic heterocycles. The monoisotopic (exact) mass is 332 g/mol. The lowest BCUT2D eigenvalue weighted by molar-refractivity contribution is 0.0880. The van der Waals surface area contributed by atoms with Gasteiger partial charge in [-0.25, -0.2) is 0 Å². The number of hydrogen-bond donors (Lipinski definition) is 3. The van der Waals surface area contributed by atoms with Crippen LogP contribution >= 0.6 is 23.6 Å². The zero-order valence-electron chi connectivity index (χ0n) is 11.8. The Labute approximate surface area is 138 Å². The fraction of sp³-hybridized carbons (Fsp3) is 0.0667. The summed E-state index contributed by atoms with van der Waals surface area (Å²) in [5.41, 5.74) is 15.5. The molecule has 1 heterocycles. The van der Waals surface area contributed by atoms with Crippen LogP contribution in [0.1, 0.15) is 10.4 Å². The SMILES string of the molecule is C=CCN(NC(=O)c1cc(-c2ccccc2)sc1N)C(N)=S. The van der Waals surface area contributed by atoms with Crippen molar-refractivity contribution in [2.24, 2.45) is 5.73 Å². The average Bonchev–Trinajstić information content (AvgIpc) is 2.89. The van der Waals surface area contributed by atoms with Crippen LogP contribution in [-0.2, 0) is 0 Å². The minimum Gasteiger partial charge on any atom is -0.390 e. The van der Waals surface area contributed by atoms with Crippen molar-refractivity contribution in [1.29, 1.82) is 0 Å². The number of rotatable bonds is 4. The third-order valence-electron chi connectivity index (χ3n) is 2.88. The van der Waals surface area contributed by atoms with Crippen LogP contribution in [0.5, 0.6) is 0 Å². The van der Waals surface area contributed by atoms with Gasteiger partial charge in [-0.2, -0.15) is 0 Å². The molecule has 5 N–H and O–H groups in total. The maximum atomic E-state index is 12.3. The molecular weight excluding hydrogens is 316 g/mol. The van der Waals surface area contributed by atoms with Crippen LogP contribution in [0.15, 0.2) is 49.1 Å². The second-order valence-electron chi connectivity index (χ2n) is 4.43. The van der Waals surface area contributed by atoms with Crippen LogP contribution in [0.3, 0.4) is 0 Å². The molecule has 0 bridgehead atoms. The summed E-state index contributed by atoms with van der Waals surface area (Å²) in [4.78, 5) is 13.2. The van der Waals surface area contributed by atoms with E-state index in [9.17, 15) is 4.79 Å². The number of nitrogens with one attached hydrogen (secondary N) is 1. The third kappa shape index (κ3) is 3.63. The van der Waals surface area contributed by atoms with Gasteiger partial charge in [-0.1, -0.05) is 36.4 Å². The molecule has 0 atom stereocenters. The molecule has 114 valence electrons. The highest BCUT2D eigenvalue weighted by molar-refractivity contribution is 7.80. The minimum absolute atomic E-state index is 0.0605. The van der Waals surface area contributed by atoms with Gasteiger partial charge in [-0.05, 0) is 23.8 Å². The average molecular weight is 332 g/mol. The fourth-order valence-corrected chi connectivity index (χ4v) is 2.88. The van der Waals surface area contributed by atoms with Gasteiger partial charge in [0.05, 0.1) is 17.1 Å². The predicted octanol–water partition coefficient (Wildman–Crippen LogP) is 2.37. The van der Waals surface area contributed by atoms with Gasteiger partial charge in [0.25, 0.3) is 5.91 Å². The van der Waals surface area contributed by atoms with Crippen LogP contribution in [-0.4, -0.2) is 22.6 Å². The standard InChI is InChI=1S/C15H16N4OS2/c1-2-8-19(15(17)21)18-14(20)11-9-12(22-13(11)16)10-6-4-3-5-7-10/h2-7,9H,1,8,16H2,(H2,17,21)(H,18,20). The number of amides is 1. The van der Waals surface area contributed by atoms with E-state index in [1.54, 1.807) is 12.1 Å². The fourth-order valence-electron chi connectivity index (χ4n) is 1.83. The van der Waals surface area contributed by atoms with E-state index in [1.165, 1.54) is 16.3 Å². The highest BCUT2D eigenvalue weighted by Crippen LogP contribution is 2.33. The number of hydrogen-bond acceptors (Lipinski definition) is 4. The van der Waals surface area contributed by atoms with Gasteiger partial charge >= 0.3 is 0 Å². The Morgan fingerprint density at radius 1 is 1.41 bits per heavy atom. The van der Waals surface area contributed by atoms with Crippen molar-refractivity contribution in [2.75, 3.05) is 12.3 Å². The normalized spacial score (nSPS) is 10.0. The van der Waals surface area contributed by atoms with E-state index < -0.39 is 0 Å². The summed E-state index contributed by atoms with van der Waals surface area (Å²) in [5, 5.41) is 1.84. The van der Waals surface area contributed by atoms with E-state index in [0.29, 0.717) is 17.1 Å². The Kier molecular flexibility index (Phi) is 5.13. The molecule has 0 aliphatic carbocycles. The molecule has 2 aromatic rings. The van der Waals surface area contributed by atoms with E-state index in [2.05, 4.69) is 12.0 Å². The molecule has 22 heavy (non-hydrogen) atoms. The first-order chi connectivity index (χ1) is 10.5. The number of carbonyl (C=O) groups excluding carboxylic acids is 1. The maximum absolute atomic E-state index is 12.3. The number of benzene rings is 1. The number of thiocarbonyl (C=S) groups is 1. The van der Waals surface area contributed by atoms with Crippen LogP contribution in [0.2, 0.25) is 0 Å². The van der Waals surface area contributed by atoms with Gasteiger partial charge in [-0.15, -0.1) is 17.9 Å². The van der Waals surface area contributed by atoms with Gasteiger partial charge in [0.15, 0.2) is 5.11 Å². The molecular formula is C15H16N4OS2. The van der Waals surface area contributed by atoms with Crippen molar-refractivity contribution in [2.45, 2.75) is 0 Å². The van der Waals surface area contributed by atoms with Crippen LogP contribution < -0.4 is 16.9 Å². The lowest BCUT2D eigenvalue weighted by Crippen LogP contribution is -2.48. The highest BCUT2D eigenvalue weighted by Gasteiger charge is 2.17. The molecule has 7 heteroatoms. The second-order valence-corrected chi connectivity index (χ2v) is 5.94. The van der Waals surface area contributed by atoms with Gasteiger partial charge in [0.2, 0.25) is 0 Å². The topological polar surface area (TPSA) is 84.4 Å². The number of nitrogens with zero attached hydrogens (tertiary/aromatic N) is 1. The first-order valence-electron chi connectivity index (χ1n) is 6.46. The molecule has 0 radical (unpaired) electrons. The van der Waals surface area contributed by atoms with E-state index in [-0.39, 0.29) is 11.0 Å². The largest absolute Gasteiger partial charge is 0.390 e. The molecule has 0 saturated carbocycles. The molecule has 0 unspecified atom stereocenters. The van der Waals surface area contributed by atoms with Crippen molar-refractivity contribution >= 4 is 39.6 Å². The Morgan fingerprint density at radius 2 is 2.09 bits per heavy atom. The Morgan fingerprint density at radius 3 is 2.68 bits per heavy atom. The van der Waals surface area contributed by atoms with Crippen LogP contribution in [0, 0.1) is 0 Å². The molecule has 0 fully saturated rings. The highest BCUT2D eigenvalue weighted by atomic mass is 32.1. The predicted molar refractivity (Wildman–Crippen MR) is 95.3 cm³/mol. The maximum Gasteiger partial charge on any atom is 0.272 e. The Balaban J connectivity index is 2.22. The summed E-state index contributed by atoms with van der Waals surface area (Å²) in [7, 11) is 0. The second kappa shape index (κ2) is 7.06. The van der Waals surface area contributed by atoms with Crippen molar-refractivity contribution in [3.8, 4) is 10.4 Å². The summed E-state index contributed by atoms with van der Waals surface area (Å²) >= 11 is 6.24. The van der Waals surface area contributed by atoms with Crippen LogP contribution in [0.4, 0.5) is 5.00 Å². The molecule has 5 nitrogen and oxygen atoms in total. The van der Waals surface area contributed by atoms with Gasteiger partial charge < -0.3 is 11.5 Å². The number of nitrogens with two attached hydrogens (primary N) is 2. The molecule has 0 saturated heterocycles. The lowest BCUT2D eigenvalue weighted by Gasteiger charge is -2.21. The zero-order valence-corrected chi connectivity index (χ0v) is 13.4. The van der Waals surface area contributed by atoms with E-state index >= 15 is 0 Å². The smallest absolute Gasteiger partial charge is 0.272 e. The number of nitrogen functional groups attached to an aromatic ring is 1. The van der Waals surface area contributed by atoms with Gasteiger partial charge in [0.1, 0.15) is 0 Å². The van der Waals surface area contributed by atoms with Gasteiger partial charge in [-0.3, -0.25) is 15.2 Å². The van der Waals surface area contributed by atoms with Crippen molar-refractivity contribution in [1.82, 2.24) is 10.4 Å². The van der Waals surface area contributed by atoms with Crippen molar-refractivity contribution in [3.63, 3.8) is 0 Å². The van der Waals surface area contributed by atoms with Crippen molar-refractivity contribution in [3.05, 3.63) is 54.6 Å². The minimum atomic E-state index is -0.356. The molecule has 0 aliphatic heterocycles. The van der Waals surface area contributed by atoms with E-state index in [1.807, 2.05) is 30.3 Å². The summed E-state index contributed by atoms with van der Waals surface area (Å²) in [6.45, 7) is 3.91. The molecule has 1 aromatic carbocycles. The third-order valence-corrected chi connectivity index (χ3v) is 4.11. The summed E-state index contributed by atoms with van der Waals surface area (Å²) in [6, 6.07) is 11.5. The van der Waals surface area contributed by atoms with Gasteiger partial charge in [0, 0.05) is 4.88 Å². The quantitative estimate of drug-likeness (QED) is 0.455. The number of hydrazine groups is 1. The summed E-state index contributed by atoms with van der Waals surface area (Å²) < 4.78 is 0. The molecule has 0 spiro atoms. The Bertz CT molecular complexity index is 697. The Hall–Kier alpha value is -2.38. The van der Waals surface area contributed by atoms with E-state index in [0.717, 1.165) is 10.4 Å². The lowest BCUT2D eigenvalue weighted by atomic mass is 10.1. The summed E-state index contributed by atoms with van der Waals surface area (Å²) in [6.07, 6.45) is 1.59. The first kappa shape index (κ1) is 16.0. The number of carbonyl (C=O) groups is 1. The zero-order chi connectivity index (χ0) is 16.1. The van der Waals surface area contributed by atoms with Crippen molar-refractivity contribution < 1.29 is 4.79 Å². The number of thiophene rings is 1. The summed E-state index contributed by atoms with van der Waals surface area (Å²) in [5.74, 6) is -0.356.